The molecule has 3 aromatic rings. The number of carboxylic acids is 1. The fourth-order valence-corrected chi connectivity index (χ4v) is 7.07. The number of carboxylic acid groups (broad SMARTS) is 1. The molecule has 1 unspecified atom stereocenters. The van der Waals surface area contributed by atoms with Crippen molar-refractivity contribution in [3.8, 4) is 26.8 Å². The number of likely N-dealkylation sites (tertiary alicyclic amines) is 1. The number of rotatable bonds is 7. The Morgan fingerprint density at radius 1 is 1.14 bits per heavy atom. The van der Waals surface area contributed by atoms with Crippen LogP contribution in [0.15, 0.2) is 48.7 Å². The van der Waals surface area contributed by atoms with E-state index in [1.165, 1.54) is 21.6 Å². The van der Waals surface area contributed by atoms with Crippen LogP contribution in [0.1, 0.15) is 50.7 Å². The number of hydrogen-bond donors (Lipinski definition) is 1. The van der Waals surface area contributed by atoms with Gasteiger partial charge in [-0.15, -0.1) is 11.3 Å². The van der Waals surface area contributed by atoms with Crippen LogP contribution >= 0.6 is 11.3 Å². The molecule has 6 heteroatoms. The number of nitrogens with zero attached hydrogens (tertiary/aromatic N) is 2. The number of carbonyl (C=O) groups is 1. The predicted octanol–water partition coefficient (Wildman–Crippen LogP) is 6.02. The largest absolute Gasteiger partial charge is 0.491 e. The van der Waals surface area contributed by atoms with E-state index < -0.39 is 11.4 Å². The number of hydrogen-bond acceptors (Lipinski definition) is 5. The lowest BCUT2D eigenvalue weighted by Gasteiger charge is -2.27. The average Bonchev–Trinajstić information content (AvgIpc) is 3.17. The third kappa shape index (κ3) is 4.07. The maximum atomic E-state index is 11.7. The van der Waals surface area contributed by atoms with Gasteiger partial charge in [0, 0.05) is 30.3 Å². The first kappa shape index (κ1) is 22.7. The molecular formula is C29H32N2O3S. The molecule has 0 radical (unpaired) electrons. The molecule has 1 aromatic heterocycles. The summed E-state index contributed by atoms with van der Waals surface area (Å²) in [4.78, 5) is 20.1. The van der Waals surface area contributed by atoms with Crippen molar-refractivity contribution in [2.45, 2.75) is 57.5 Å². The van der Waals surface area contributed by atoms with Crippen molar-refractivity contribution in [3.05, 3.63) is 59.8 Å². The Hall–Kier alpha value is -2.70. The highest BCUT2D eigenvalue weighted by atomic mass is 32.1. The van der Waals surface area contributed by atoms with Crippen molar-refractivity contribution in [2.24, 2.45) is 5.41 Å². The van der Waals surface area contributed by atoms with Crippen LogP contribution in [-0.2, 0) is 16.6 Å². The van der Waals surface area contributed by atoms with Gasteiger partial charge in [-0.3, -0.25) is 4.79 Å². The van der Waals surface area contributed by atoms with Gasteiger partial charge in [-0.25, -0.2) is 4.98 Å². The van der Waals surface area contributed by atoms with Gasteiger partial charge in [0.05, 0.1) is 16.4 Å². The number of benzene rings is 2. The van der Waals surface area contributed by atoms with Crippen LogP contribution in [0.25, 0.3) is 21.0 Å². The lowest BCUT2D eigenvalue weighted by Crippen LogP contribution is -2.35. The van der Waals surface area contributed by atoms with E-state index in [0.717, 1.165) is 61.5 Å². The van der Waals surface area contributed by atoms with E-state index in [-0.39, 0.29) is 11.5 Å². The molecule has 5 nitrogen and oxygen atoms in total. The maximum absolute atomic E-state index is 11.7. The molecule has 182 valence electrons. The summed E-state index contributed by atoms with van der Waals surface area (Å²) < 4.78 is 5.78. The van der Waals surface area contributed by atoms with Crippen molar-refractivity contribution in [1.29, 1.82) is 0 Å². The lowest BCUT2D eigenvalue weighted by molar-refractivity contribution is -0.144. The molecule has 6 rings (SSSR count). The smallest absolute Gasteiger partial charge is 0.310 e. The topological polar surface area (TPSA) is 62.7 Å². The Kier molecular flexibility index (Phi) is 5.49. The summed E-state index contributed by atoms with van der Waals surface area (Å²) in [7, 11) is 0. The van der Waals surface area contributed by atoms with Crippen LogP contribution in [0.5, 0.6) is 5.75 Å². The summed E-state index contributed by atoms with van der Waals surface area (Å²) in [6.07, 6.45) is 7.19. The first-order chi connectivity index (χ1) is 16.9. The standard InChI is InChI=1S/C29H32N2O3S/c1-19(2)34-21-8-6-20(7-9-21)26-30-16-25(35-26)23-4-3-5-24-22(23)10-11-28(24)14-15-31(17-28)18-29(12-13-29)27(32)33/h3-9,16,19H,10-15,17-18H2,1-2H3,(H,32,33). The van der Waals surface area contributed by atoms with E-state index in [1.54, 1.807) is 11.3 Å². The fourth-order valence-electron chi connectivity index (χ4n) is 6.10. The Morgan fingerprint density at radius 2 is 1.94 bits per heavy atom. The van der Waals surface area contributed by atoms with Gasteiger partial charge < -0.3 is 14.7 Å². The highest BCUT2D eigenvalue weighted by molar-refractivity contribution is 7.18. The van der Waals surface area contributed by atoms with Crippen LogP contribution in [0.2, 0.25) is 0 Å². The maximum Gasteiger partial charge on any atom is 0.310 e. The summed E-state index contributed by atoms with van der Waals surface area (Å²) in [6.45, 7) is 6.76. The monoisotopic (exact) mass is 488 g/mol. The van der Waals surface area contributed by atoms with Gasteiger partial charge in [0.25, 0.3) is 0 Å². The highest BCUT2D eigenvalue weighted by Gasteiger charge is 2.53. The van der Waals surface area contributed by atoms with Crippen molar-refractivity contribution in [2.75, 3.05) is 19.6 Å². The van der Waals surface area contributed by atoms with E-state index in [2.05, 4.69) is 35.2 Å². The zero-order valence-corrected chi connectivity index (χ0v) is 21.2. The highest BCUT2D eigenvalue weighted by Crippen LogP contribution is 2.52. The molecule has 1 saturated heterocycles. The Morgan fingerprint density at radius 3 is 2.66 bits per heavy atom. The summed E-state index contributed by atoms with van der Waals surface area (Å²) in [5.41, 5.74) is 5.05. The summed E-state index contributed by atoms with van der Waals surface area (Å²) in [5.74, 6) is 0.268. The molecule has 1 atom stereocenters. The molecule has 0 amide bonds. The van der Waals surface area contributed by atoms with Gasteiger partial charge in [0.15, 0.2) is 0 Å². The zero-order valence-electron chi connectivity index (χ0n) is 20.4. The number of thiazole rings is 1. The number of aliphatic carboxylic acids is 1. The fraction of sp³-hybridized carbons (Fsp3) is 0.448. The van der Waals surface area contributed by atoms with Gasteiger partial charge in [-0.05, 0) is 93.5 Å². The van der Waals surface area contributed by atoms with Crippen LogP contribution in [0, 0.1) is 5.41 Å². The third-order valence-corrected chi connectivity index (χ3v) is 9.19. The first-order valence-corrected chi connectivity index (χ1v) is 13.5. The number of fused-ring (bicyclic) bond motifs is 2. The van der Waals surface area contributed by atoms with Crippen molar-refractivity contribution < 1.29 is 14.6 Å². The second-order valence-electron chi connectivity index (χ2n) is 10.9. The van der Waals surface area contributed by atoms with Gasteiger partial charge in [-0.1, -0.05) is 18.2 Å². The van der Waals surface area contributed by atoms with Crippen LogP contribution < -0.4 is 4.74 Å². The van der Waals surface area contributed by atoms with Crippen LogP contribution in [0.4, 0.5) is 0 Å². The van der Waals surface area contributed by atoms with E-state index in [0.29, 0.717) is 6.54 Å². The van der Waals surface area contributed by atoms with Crippen molar-refractivity contribution in [3.63, 3.8) is 0 Å². The molecule has 1 N–H and O–H groups in total. The first-order valence-electron chi connectivity index (χ1n) is 12.7. The van der Waals surface area contributed by atoms with Crippen molar-refractivity contribution in [1.82, 2.24) is 9.88 Å². The molecule has 3 aliphatic rings. The second kappa shape index (κ2) is 8.45. The Labute approximate surface area is 210 Å². The molecule has 1 saturated carbocycles. The number of aromatic nitrogens is 1. The molecule has 0 bridgehead atoms. The Balaban J connectivity index is 1.23. The molecule has 1 aliphatic heterocycles. The molecule has 2 fully saturated rings. The minimum Gasteiger partial charge on any atom is -0.491 e. The summed E-state index contributed by atoms with van der Waals surface area (Å²) in [6, 6.07) is 15.0. The SMILES string of the molecule is CC(C)Oc1ccc(-c2ncc(-c3cccc4c3CCC43CCN(CC4(C(=O)O)CC4)C3)s2)cc1. The third-order valence-electron chi connectivity index (χ3n) is 8.11. The molecule has 35 heavy (non-hydrogen) atoms. The predicted molar refractivity (Wildman–Crippen MR) is 139 cm³/mol. The average molecular weight is 489 g/mol. The normalized spacial score (nSPS) is 22.6. The van der Waals surface area contributed by atoms with Gasteiger partial charge >= 0.3 is 5.97 Å². The van der Waals surface area contributed by atoms with Gasteiger partial charge in [0.1, 0.15) is 10.8 Å². The molecule has 1 spiro atoms. The van der Waals surface area contributed by atoms with Crippen molar-refractivity contribution >= 4 is 17.3 Å². The summed E-state index contributed by atoms with van der Waals surface area (Å²) >= 11 is 1.75. The Bertz CT molecular complexity index is 1260. The second-order valence-corrected chi connectivity index (χ2v) is 11.9. The quantitative estimate of drug-likeness (QED) is 0.441. The van der Waals surface area contributed by atoms with Gasteiger partial charge in [-0.2, -0.15) is 0 Å². The van der Waals surface area contributed by atoms with E-state index in [4.69, 9.17) is 9.72 Å². The molecule has 2 aromatic carbocycles. The number of ether oxygens (including phenoxy) is 1. The van der Waals surface area contributed by atoms with Gasteiger partial charge in [0.2, 0.25) is 0 Å². The summed E-state index contributed by atoms with van der Waals surface area (Å²) in [5, 5.41) is 10.7. The molecule has 2 aliphatic carbocycles. The van der Waals surface area contributed by atoms with E-state index >= 15 is 0 Å². The zero-order chi connectivity index (χ0) is 24.2. The minimum atomic E-state index is -0.615. The molecular weight excluding hydrogens is 456 g/mol. The van der Waals surface area contributed by atoms with Crippen LogP contribution in [-0.4, -0.2) is 46.7 Å². The minimum absolute atomic E-state index is 0.162. The van der Waals surface area contributed by atoms with E-state index in [1.807, 2.05) is 32.2 Å². The van der Waals surface area contributed by atoms with E-state index in [9.17, 15) is 9.90 Å². The van der Waals surface area contributed by atoms with Crippen LogP contribution in [0.3, 0.4) is 0 Å². The lowest BCUT2D eigenvalue weighted by atomic mass is 9.81. The molecule has 2 heterocycles.